The molecule has 0 radical (unpaired) electrons. The van der Waals surface area contributed by atoms with Crippen LogP contribution in [0.3, 0.4) is 0 Å². The Bertz CT molecular complexity index is 647. The summed E-state index contributed by atoms with van der Waals surface area (Å²) >= 11 is 0. The molecule has 146 valence electrons. The van der Waals surface area contributed by atoms with Crippen molar-refractivity contribution in [2.45, 2.75) is 44.7 Å². The molecule has 1 fully saturated rings. The van der Waals surface area contributed by atoms with E-state index in [1.165, 1.54) is 44.3 Å². The van der Waals surface area contributed by atoms with Gasteiger partial charge in [-0.15, -0.1) is 0 Å². The lowest BCUT2D eigenvalue weighted by atomic mass is 10.0. The smallest absolute Gasteiger partial charge is 0.130 e. The average Bonchev–Trinajstić information content (AvgIpc) is 2.73. The summed E-state index contributed by atoms with van der Waals surface area (Å²) in [5.74, 6) is 0.850. The number of hydrogen-bond acceptors (Lipinski definition) is 5. The maximum Gasteiger partial charge on any atom is 0.130 e. The molecule has 5 nitrogen and oxygen atoms in total. The van der Waals surface area contributed by atoms with Crippen LogP contribution in [-0.2, 0) is 24.1 Å². The zero-order chi connectivity index (χ0) is 18.7. The number of nitrogens with zero attached hydrogens (tertiary/aromatic N) is 3. The van der Waals surface area contributed by atoms with Crippen LogP contribution in [0.4, 0.5) is 0 Å². The van der Waals surface area contributed by atoms with E-state index in [-0.39, 0.29) is 0 Å². The molecule has 1 aromatic heterocycles. The van der Waals surface area contributed by atoms with E-state index < -0.39 is 0 Å². The number of hydrogen-bond donors (Lipinski definition) is 1. The minimum absolute atomic E-state index is 0.559. The maximum atomic E-state index is 5.07. The summed E-state index contributed by atoms with van der Waals surface area (Å²) in [5.41, 5.74) is 2.59. The molecular weight excluding hydrogens is 336 g/mol. The molecule has 0 aliphatic carbocycles. The van der Waals surface area contributed by atoms with E-state index in [0.29, 0.717) is 12.6 Å². The third-order valence-corrected chi connectivity index (χ3v) is 5.17. The van der Waals surface area contributed by atoms with Crippen molar-refractivity contribution >= 4 is 0 Å². The molecular formula is C22H32N4O. The highest BCUT2D eigenvalue weighted by molar-refractivity contribution is 5.14. The Hall–Kier alpha value is -1.82. The summed E-state index contributed by atoms with van der Waals surface area (Å²) in [6.45, 7) is 5.06. The Morgan fingerprint density at radius 2 is 1.93 bits per heavy atom. The fourth-order valence-corrected chi connectivity index (χ4v) is 3.63. The summed E-state index contributed by atoms with van der Waals surface area (Å²) in [4.78, 5) is 11.5. The summed E-state index contributed by atoms with van der Waals surface area (Å²) in [7, 11) is 1.70. The first-order valence-corrected chi connectivity index (χ1v) is 10.1. The van der Waals surface area contributed by atoms with Gasteiger partial charge in [-0.2, -0.15) is 0 Å². The highest BCUT2D eigenvalue weighted by Crippen LogP contribution is 2.12. The van der Waals surface area contributed by atoms with E-state index in [2.05, 4.69) is 50.5 Å². The Morgan fingerprint density at radius 3 is 2.70 bits per heavy atom. The first-order chi connectivity index (χ1) is 13.3. The van der Waals surface area contributed by atoms with Gasteiger partial charge in [0.1, 0.15) is 5.82 Å². The topological polar surface area (TPSA) is 50.3 Å². The molecule has 2 heterocycles. The number of aromatic nitrogens is 2. The third kappa shape index (κ3) is 7.01. The molecule has 0 bridgehead atoms. The number of rotatable bonds is 10. The summed E-state index contributed by atoms with van der Waals surface area (Å²) < 4.78 is 5.07. The fraction of sp³-hybridized carbons (Fsp3) is 0.545. The van der Waals surface area contributed by atoms with Crippen LogP contribution in [0.1, 0.15) is 36.2 Å². The van der Waals surface area contributed by atoms with Crippen LogP contribution < -0.4 is 5.32 Å². The summed E-state index contributed by atoms with van der Waals surface area (Å²) in [5, 5.41) is 3.69. The van der Waals surface area contributed by atoms with Crippen molar-refractivity contribution < 1.29 is 4.74 Å². The van der Waals surface area contributed by atoms with Crippen LogP contribution in [0.5, 0.6) is 0 Å². The summed E-state index contributed by atoms with van der Waals surface area (Å²) in [6, 6.07) is 11.4. The normalized spacial score (nSPS) is 17.9. The van der Waals surface area contributed by atoms with Gasteiger partial charge in [-0.25, -0.2) is 9.97 Å². The van der Waals surface area contributed by atoms with Gasteiger partial charge in [-0.1, -0.05) is 30.3 Å². The van der Waals surface area contributed by atoms with Crippen molar-refractivity contribution in [1.29, 1.82) is 0 Å². The van der Waals surface area contributed by atoms with Gasteiger partial charge in [-0.05, 0) is 44.3 Å². The van der Waals surface area contributed by atoms with Crippen molar-refractivity contribution in [3.8, 4) is 0 Å². The van der Waals surface area contributed by atoms with Crippen LogP contribution >= 0.6 is 0 Å². The van der Waals surface area contributed by atoms with E-state index >= 15 is 0 Å². The molecule has 1 N–H and O–H groups in total. The Morgan fingerprint density at radius 1 is 1.11 bits per heavy atom. The third-order valence-electron chi connectivity index (χ3n) is 5.17. The standard InChI is InChI=1S/C22H32N4O/c1-27-14-11-22-24-16-20(17-25-22)15-23-21-10-6-13-26(18-21)12-5-9-19-7-3-2-4-8-19/h2-4,7-8,16-17,21,23H,5-6,9-15,18H2,1H3. The van der Waals surface area contributed by atoms with Gasteiger partial charge in [0.15, 0.2) is 0 Å². The molecule has 1 saturated heterocycles. The van der Waals surface area contributed by atoms with Gasteiger partial charge >= 0.3 is 0 Å². The SMILES string of the molecule is COCCc1ncc(CNC2CCCN(CCCc3ccccc3)C2)cn1. The molecule has 1 unspecified atom stereocenters. The lowest BCUT2D eigenvalue weighted by molar-refractivity contribution is 0.188. The maximum absolute atomic E-state index is 5.07. The second-order valence-electron chi connectivity index (χ2n) is 7.36. The predicted molar refractivity (Wildman–Crippen MR) is 109 cm³/mol. The Balaban J connectivity index is 1.36. The van der Waals surface area contributed by atoms with Crippen LogP contribution in [0.2, 0.25) is 0 Å². The number of piperidine rings is 1. The van der Waals surface area contributed by atoms with Gasteiger partial charge in [-0.3, -0.25) is 0 Å². The highest BCUT2D eigenvalue weighted by atomic mass is 16.5. The van der Waals surface area contributed by atoms with Crippen molar-refractivity contribution in [3.05, 3.63) is 59.7 Å². The van der Waals surface area contributed by atoms with E-state index in [4.69, 9.17) is 4.74 Å². The van der Waals surface area contributed by atoms with Crippen LogP contribution in [0.15, 0.2) is 42.7 Å². The predicted octanol–water partition coefficient (Wildman–Crippen LogP) is 2.85. The van der Waals surface area contributed by atoms with Gasteiger partial charge in [0, 0.05) is 50.6 Å². The van der Waals surface area contributed by atoms with Crippen molar-refractivity contribution in [3.63, 3.8) is 0 Å². The molecule has 5 heteroatoms. The van der Waals surface area contributed by atoms with E-state index in [0.717, 1.165) is 30.9 Å². The van der Waals surface area contributed by atoms with Crippen LogP contribution in [-0.4, -0.2) is 54.3 Å². The first-order valence-electron chi connectivity index (χ1n) is 10.1. The number of benzene rings is 1. The molecule has 1 aliphatic rings. The van der Waals surface area contributed by atoms with Crippen molar-refractivity contribution in [2.24, 2.45) is 0 Å². The number of aryl methyl sites for hydroxylation is 1. The van der Waals surface area contributed by atoms with E-state index in [1.807, 2.05) is 12.4 Å². The van der Waals surface area contributed by atoms with E-state index in [1.54, 1.807) is 7.11 Å². The second kappa shape index (κ2) is 11.1. The van der Waals surface area contributed by atoms with Crippen molar-refractivity contribution in [1.82, 2.24) is 20.2 Å². The van der Waals surface area contributed by atoms with Gasteiger partial charge in [0.2, 0.25) is 0 Å². The minimum atomic E-state index is 0.559. The van der Waals surface area contributed by atoms with Crippen molar-refractivity contribution in [2.75, 3.05) is 33.4 Å². The molecule has 1 atom stereocenters. The minimum Gasteiger partial charge on any atom is -0.384 e. The molecule has 1 aliphatic heterocycles. The zero-order valence-corrected chi connectivity index (χ0v) is 16.4. The largest absolute Gasteiger partial charge is 0.384 e. The van der Waals surface area contributed by atoms with E-state index in [9.17, 15) is 0 Å². The van der Waals surface area contributed by atoms with Gasteiger partial charge < -0.3 is 15.0 Å². The Kier molecular flexibility index (Phi) is 8.21. The monoisotopic (exact) mass is 368 g/mol. The number of nitrogens with one attached hydrogen (secondary N) is 1. The lowest BCUT2D eigenvalue weighted by Crippen LogP contribution is -2.45. The second-order valence-corrected chi connectivity index (χ2v) is 7.36. The lowest BCUT2D eigenvalue weighted by Gasteiger charge is -2.33. The van der Waals surface area contributed by atoms with Gasteiger partial charge in [0.25, 0.3) is 0 Å². The molecule has 1 aromatic carbocycles. The van der Waals surface area contributed by atoms with Gasteiger partial charge in [0.05, 0.1) is 6.61 Å². The van der Waals surface area contributed by atoms with Crippen LogP contribution in [0.25, 0.3) is 0 Å². The molecule has 0 amide bonds. The molecule has 2 aromatic rings. The molecule has 27 heavy (non-hydrogen) atoms. The Labute approximate surface area is 163 Å². The fourth-order valence-electron chi connectivity index (χ4n) is 3.63. The first kappa shape index (κ1) is 19.9. The van der Waals surface area contributed by atoms with Crippen LogP contribution in [0, 0.1) is 0 Å². The number of likely N-dealkylation sites (tertiary alicyclic amines) is 1. The average molecular weight is 369 g/mol. The molecule has 3 rings (SSSR count). The zero-order valence-electron chi connectivity index (χ0n) is 16.4. The number of methoxy groups -OCH3 is 1. The molecule has 0 saturated carbocycles. The quantitative estimate of drug-likeness (QED) is 0.699. The highest BCUT2D eigenvalue weighted by Gasteiger charge is 2.19. The molecule has 0 spiro atoms. The summed E-state index contributed by atoms with van der Waals surface area (Å²) in [6.07, 6.45) is 9.56. The number of ether oxygens (including phenoxy) is 1.